The monoisotopic (exact) mass is 269 g/mol. The number of aromatic nitrogens is 3. The number of H-pyrrole nitrogens is 1. The van der Waals surface area contributed by atoms with E-state index in [0.29, 0.717) is 16.7 Å². The Bertz CT molecular complexity index is 862. The highest BCUT2D eigenvalue weighted by atomic mass is 16.4. The van der Waals surface area contributed by atoms with Crippen molar-refractivity contribution in [1.82, 2.24) is 14.8 Å². The standard InChI is InChI=1S/C14H11N3O3/c1-8-10-7-11(14(19)20)13(18)15-12(10)17(16-8)9-5-3-2-4-6-9/h2-7H,1H3,(H,15,18)(H,19,20). The van der Waals surface area contributed by atoms with Gasteiger partial charge in [0.2, 0.25) is 0 Å². The van der Waals surface area contributed by atoms with Crippen molar-refractivity contribution in [3.63, 3.8) is 0 Å². The van der Waals surface area contributed by atoms with Crippen LogP contribution in [-0.4, -0.2) is 25.8 Å². The lowest BCUT2D eigenvalue weighted by atomic mass is 10.2. The molecule has 6 nitrogen and oxygen atoms in total. The topological polar surface area (TPSA) is 88.0 Å². The van der Waals surface area contributed by atoms with Gasteiger partial charge in [0.25, 0.3) is 5.56 Å². The number of fused-ring (bicyclic) bond motifs is 1. The largest absolute Gasteiger partial charge is 0.477 e. The number of carboxylic acids is 1. The van der Waals surface area contributed by atoms with E-state index in [9.17, 15) is 9.59 Å². The molecular formula is C14H11N3O3. The van der Waals surface area contributed by atoms with Crippen molar-refractivity contribution in [3.8, 4) is 5.69 Å². The number of hydrogen-bond acceptors (Lipinski definition) is 3. The van der Waals surface area contributed by atoms with E-state index in [1.807, 2.05) is 30.3 Å². The maximum absolute atomic E-state index is 11.8. The zero-order valence-corrected chi connectivity index (χ0v) is 10.6. The molecule has 0 unspecified atom stereocenters. The fourth-order valence-electron chi connectivity index (χ4n) is 2.13. The van der Waals surface area contributed by atoms with Gasteiger partial charge in [-0.05, 0) is 25.1 Å². The lowest BCUT2D eigenvalue weighted by Gasteiger charge is -2.02. The summed E-state index contributed by atoms with van der Waals surface area (Å²) < 4.78 is 1.59. The van der Waals surface area contributed by atoms with Gasteiger partial charge in [-0.25, -0.2) is 9.48 Å². The number of benzene rings is 1. The summed E-state index contributed by atoms with van der Waals surface area (Å²) in [5.41, 5.74) is 1.02. The molecule has 2 N–H and O–H groups in total. The van der Waals surface area contributed by atoms with Crippen LogP contribution in [0.1, 0.15) is 16.1 Å². The summed E-state index contributed by atoms with van der Waals surface area (Å²) in [6.07, 6.45) is 0. The van der Waals surface area contributed by atoms with Gasteiger partial charge in [0, 0.05) is 5.39 Å². The Labute approximate surface area is 113 Å². The maximum atomic E-state index is 11.8. The molecule has 0 radical (unpaired) electrons. The second kappa shape index (κ2) is 4.34. The van der Waals surface area contributed by atoms with Crippen LogP contribution in [0.4, 0.5) is 0 Å². The number of nitrogens with zero attached hydrogens (tertiary/aromatic N) is 2. The van der Waals surface area contributed by atoms with Gasteiger partial charge in [-0.3, -0.25) is 4.79 Å². The molecule has 3 aromatic rings. The van der Waals surface area contributed by atoms with Gasteiger partial charge in [-0.1, -0.05) is 18.2 Å². The molecule has 0 aliphatic carbocycles. The molecule has 100 valence electrons. The molecule has 2 heterocycles. The van der Waals surface area contributed by atoms with Crippen LogP contribution in [-0.2, 0) is 0 Å². The van der Waals surface area contributed by atoms with E-state index < -0.39 is 11.5 Å². The highest BCUT2D eigenvalue weighted by Gasteiger charge is 2.15. The molecule has 0 aliphatic rings. The molecule has 20 heavy (non-hydrogen) atoms. The number of aromatic carboxylic acids is 1. The first-order valence-electron chi connectivity index (χ1n) is 5.99. The Kier molecular flexibility index (Phi) is 2.64. The summed E-state index contributed by atoms with van der Waals surface area (Å²) in [4.78, 5) is 25.4. The van der Waals surface area contributed by atoms with Crippen molar-refractivity contribution in [2.24, 2.45) is 0 Å². The predicted molar refractivity (Wildman–Crippen MR) is 73.4 cm³/mol. The molecule has 2 aromatic heterocycles. The van der Waals surface area contributed by atoms with Crippen molar-refractivity contribution >= 4 is 17.0 Å². The number of rotatable bonds is 2. The third-order valence-electron chi connectivity index (χ3n) is 3.10. The van der Waals surface area contributed by atoms with Gasteiger partial charge in [-0.2, -0.15) is 5.10 Å². The van der Waals surface area contributed by atoms with Crippen LogP contribution in [0, 0.1) is 6.92 Å². The van der Waals surface area contributed by atoms with E-state index in [4.69, 9.17) is 5.11 Å². The van der Waals surface area contributed by atoms with Gasteiger partial charge < -0.3 is 10.1 Å². The van der Waals surface area contributed by atoms with Crippen LogP contribution in [0.2, 0.25) is 0 Å². The Hall–Kier alpha value is -2.89. The molecule has 0 saturated carbocycles. The first-order chi connectivity index (χ1) is 9.58. The fraction of sp³-hybridized carbons (Fsp3) is 0.0714. The van der Waals surface area contributed by atoms with Crippen molar-refractivity contribution in [3.05, 3.63) is 58.0 Å². The fourth-order valence-corrected chi connectivity index (χ4v) is 2.13. The second-order valence-corrected chi connectivity index (χ2v) is 4.41. The quantitative estimate of drug-likeness (QED) is 0.741. The minimum absolute atomic E-state index is 0.284. The summed E-state index contributed by atoms with van der Waals surface area (Å²) in [6.45, 7) is 1.77. The van der Waals surface area contributed by atoms with Gasteiger partial charge in [0.15, 0.2) is 0 Å². The lowest BCUT2D eigenvalue weighted by molar-refractivity contribution is 0.0695. The maximum Gasteiger partial charge on any atom is 0.341 e. The second-order valence-electron chi connectivity index (χ2n) is 4.41. The first kappa shape index (κ1) is 12.2. The zero-order valence-electron chi connectivity index (χ0n) is 10.6. The van der Waals surface area contributed by atoms with Gasteiger partial charge in [0.05, 0.1) is 11.4 Å². The molecule has 0 bridgehead atoms. The summed E-state index contributed by atoms with van der Waals surface area (Å²) in [5, 5.41) is 14.0. The van der Waals surface area contributed by atoms with E-state index in [2.05, 4.69) is 10.1 Å². The van der Waals surface area contributed by atoms with E-state index in [1.54, 1.807) is 11.6 Å². The Balaban J connectivity index is 2.35. The van der Waals surface area contributed by atoms with Crippen LogP contribution >= 0.6 is 0 Å². The molecule has 3 rings (SSSR count). The third-order valence-corrected chi connectivity index (χ3v) is 3.10. The molecule has 0 atom stereocenters. The summed E-state index contributed by atoms with van der Waals surface area (Å²) in [5.74, 6) is -1.25. The minimum Gasteiger partial charge on any atom is -0.477 e. The molecule has 0 amide bonds. The number of para-hydroxylation sites is 1. The average molecular weight is 269 g/mol. The van der Waals surface area contributed by atoms with Crippen molar-refractivity contribution in [1.29, 1.82) is 0 Å². The average Bonchev–Trinajstić information content (AvgIpc) is 2.75. The van der Waals surface area contributed by atoms with Crippen molar-refractivity contribution in [2.75, 3.05) is 0 Å². The number of carboxylic acid groups (broad SMARTS) is 1. The van der Waals surface area contributed by atoms with Crippen LogP contribution in [0.15, 0.2) is 41.2 Å². The Morgan fingerprint density at radius 2 is 2.00 bits per heavy atom. The van der Waals surface area contributed by atoms with E-state index >= 15 is 0 Å². The van der Waals surface area contributed by atoms with Gasteiger partial charge >= 0.3 is 5.97 Å². The van der Waals surface area contributed by atoms with Gasteiger partial charge in [0.1, 0.15) is 11.2 Å². The smallest absolute Gasteiger partial charge is 0.341 e. The highest BCUT2D eigenvalue weighted by Crippen LogP contribution is 2.19. The zero-order chi connectivity index (χ0) is 14.3. The minimum atomic E-state index is -1.25. The van der Waals surface area contributed by atoms with E-state index in [1.165, 1.54) is 6.07 Å². The molecule has 0 spiro atoms. The van der Waals surface area contributed by atoms with Crippen LogP contribution in [0.3, 0.4) is 0 Å². The van der Waals surface area contributed by atoms with E-state index in [-0.39, 0.29) is 5.56 Å². The first-order valence-corrected chi connectivity index (χ1v) is 5.99. The molecule has 1 aromatic carbocycles. The number of aromatic amines is 1. The normalized spacial score (nSPS) is 10.8. The number of pyridine rings is 1. The van der Waals surface area contributed by atoms with Crippen LogP contribution in [0.25, 0.3) is 16.7 Å². The number of hydrogen-bond donors (Lipinski definition) is 2. The molecule has 6 heteroatoms. The van der Waals surface area contributed by atoms with Gasteiger partial charge in [-0.15, -0.1) is 0 Å². The lowest BCUT2D eigenvalue weighted by Crippen LogP contribution is -2.17. The molecule has 0 aliphatic heterocycles. The highest BCUT2D eigenvalue weighted by molar-refractivity contribution is 5.92. The summed E-state index contributed by atoms with van der Waals surface area (Å²) in [6, 6.07) is 10.7. The summed E-state index contributed by atoms with van der Waals surface area (Å²) >= 11 is 0. The van der Waals surface area contributed by atoms with Crippen molar-refractivity contribution < 1.29 is 9.90 Å². The Morgan fingerprint density at radius 1 is 1.30 bits per heavy atom. The molecule has 0 saturated heterocycles. The Morgan fingerprint density at radius 3 is 2.65 bits per heavy atom. The van der Waals surface area contributed by atoms with Crippen LogP contribution < -0.4 is 5.56 Å². The number of aryl methyl sites for hydroxylation is 1. The summed E-state index contributed by atoms with van der Waals surface area (Å²) in [7, 11) is 0. The number of carbonyl (C=O) groups is 1. The number of nitrogens with one attached hydrogen (secondary N) is 1. The predicted octanol–water partition coefficient (Wildman–Crippen LogP) is 1.72. The van der Waals surface area contributed by atoms with Crippen LogP contribution in [0.5, 0.6) is 0 Å². The van der Waals surface area contributed by atoms with E-state index in [0.717, 1.165) is 5.69 Å². The molecule has 0 fully saturated rings. The van der Waals surface area contributed by atoms with Crippen molar-refractivity contribution in [2.45, 2.75) is 6.92 Å². The molecular weight excluding hydrogens is 258 g/mol. The SMILES string of the molecule is Cc1nn(-c2ccccc2)c2[nH]c(=O)c(C(=O)O)cc12. The third kappa shape index (κ3) is 1.78.